The molecule has 186 valence electrons. The second-order valence-electron chi connectivity index (χ2n) is 7.94. The van der Waals surface area contributed by atoms with Gasteiger partial charge in [0.1, 0.15) is 5.75 Å². The summed E-state index contributed by atoms with van der Waals surface area (Å²) in [6.45, 7) is 0.0693. The van der Waals surface area contributed by atoms with E-state index in [-0.39, 0.29) is 49.4 Å². The Morgan fingerprint density at radius 2 is 1.77 bits per heavy atom. The van der Waals surface area contributed by atoms with Gasteiger partial charge in [-0.3, -0.25) is 14.3 Å². The predicted molar refractivity (Wildman–Crippen MR) is 121 cm³/mol. The molecule has 0 saturated heterocycles. The monoisotopic (exact) mass is 510 g/mol. The summed E-state index contributed by atoms with van der Waals surface area (Å²) in [5.41, 5.74) is 0.0640. The second kappa shape index (κ2) is 9.76. The minimum atomic E-state index is -4.49. The number of nitrogens with zero attached hydrogens (tertiary/aromatic N) is 4. The Labute approximate surface area is 203 Å². The van der Waals surface area contributed by atoms with Gasteiger partial charge in [0.2, 0.25) is 6.35 Å². The Bertz CT molecular complexity index is 1200. The first-order chi connectivity index (χ1) is 16.6. The van der Waals surface area contributed by atoms with Gasteiger partial charge in [0.15, 0.2) is 11.5 Å². The number of aliphatic hydroxyl groups is 2. The number of carbonyl (C=O) groups is 1. The number of amides is 1. The summed E-state index contributed by atoms with van der Waals surface area (Å²) in [4.78, 5) is 20.3. The van der Waals surface area contributed by atoms with Gasteiger partial charge < -0.3 is 19.8 Å². The summed E-state index contributed by atoms with van der Waals surface area (Å²) in [5, 5.41) is 20.3. The van der Waals surface area contributed by atoms with Crippen molar-refractivity contribution < 1.29 is 32.9 Å². The maximum atomic E-state index is 13.4. The van der Waals surface area contributed by atoms with Gasteiger partial charge in [-0.2, -0.15) is 18.2 Å². The lowest BCUT2D eigenvalue weighted by atomic mass is 10.2. The fourth-order valence-corrected chi connectivity index (χ4v) is 3.84. The maximum Gasteiger partial charge on any atom is 0.416 e. The summed E-state index contributed by atoms with van der Waals surface area (Å²) in [6.07, 6.45) is -5.56. The Morgan fingerprint density at radius 3 is 2.37 bits per heavy atom. The number of anilines is 1. The lowest BCUT2D eigenvalue weighted by Gasteiger charge is -2.38. The number of hydrogen-bond donors (Lipinski definition) is 2. The lowest BCUT2D eigenvalue weighted by molar-refractivity contribution is -0.137. The number of carbonyl (C=O) groups excluding carboxylic acids is 1. The summed E-state index contributed by atoms with van der Waals surface area (Å²) in [6, 6.07) is 10.9. The summed E-state index contributed by atoms with van der Waals surface area (Å²) >= 11 is 5.98. The van der Waals surface area contributed by atoms with Crippen LogP contribution in [-0.4, -0.2) is 57.1 Å². The molecule has 4 rings (SSSR count). The maximum absolute atomic E-state index is 13.4. The average molecular weight is 511 g/mol. The molecule has 8 nitrogen and oxygen atoms in total. The third-order valence-electron chi connectivity index (χ3n) is 5.54. The van der Waals surface area contributed by atoms with Crippen LogP contribution in [0.2, 0.25) is 5.02 Å². The van der Waals surface area contributed by atoms with Crippen LogP contribution in [0, 0.1) is 0 Å². The van der Waals surface area contributed by atoms with Crippen LogP contribution in [0.5, 0.6) is 11.8 Å². The van der Waals surface area contributed by atoms with Crippen molar-refractivity contribution >= 4 is 23.3 Å². The zero-order valence-electron chi connectivity index (χ0n) is 18.5. The van der Waals surface area contributed by atoms with Crippen LogP contribution in [0.1, 0.15) is 28.0 Å². The summed E-state index contributed by atoms with van der Waals surface area (Å²) in [5.74, 6) is -0.285. The molecule has 1 atom stereocenters. The molecular formula is C23H22ClF3N4O4. The van der Waals surface area contributed by atoms with Crippen molar-refractivity contribution in [3.05, 3.63) is 70.4 Å². The Hall–Kier alpha value is -3.28. The zero-order valence-corrected chi connectivity index (χ0v) is 19.3. The zero-order chi connectivity index (χ0) is 25.3. The molecule has 0 radical (unpaired) electrons. The SMILES string of the molecule is CN1c2nc(Oc3ccc(C(F)(F)F)cc3)n(Cc3ccc(Cl)cc3)c2C(=O)N(CCCO)C1O. The average Bonchev–Trinajstić information content (AvgIpc) is 3.17. The van der Waals surface area contributed by atoms with Gasteiger partial charge in [0.05, 0.1) is 12.1 Å². The summed E-state index contributed by atoms with van der Waals surface area (Å²) < 4.78 is 46.1. The van der Waals surface area contributed by atoms with Crippen molar-refractivity contribution in [2.75, 3.05) is 25.1 Å². The van der Waals surface area contributed by atoms with Crippen molar-refractivity contribution in [3.63, 3.8) is 0 Å². The van der Waals surface area contributed by atoms with Crippen LogP contribution in [0.4, 0.5) is 19.0 Å². The van der Waals surface area contributed by atoms with E-state index in [0.29, 0.717) is 5.02 Å². The van der Waals surface area contributed by atoms with Crippen LogP contribution in [0.15, 0.2) is 48.5 Å². The molecule has 1 unspecified atom stereocenters. The van der Waals surface area contributed by atoms with Gasteiger partial charge in [-0.1, -0.05) is 23.7 Å². The van der Waals surface area contributed by atoms with E-state index in [1.807, 2.05) is 0 Å². The molecule has 35 heavy (non-hydrogen) atoms. The first-order valence-electron chi connectivity index (χ1n) is 10.6. The molecule has 0 aliphatic carbocycles. The predicted octanol–water partition coefficient (Wildman–Crippen LogP) is 3.95. The van der Waals surface area contributed by atoms with Crippen molar-refractivity contribution in [3.8, 4) is 11.8 Å². The standard InChI is InChI=1S/C23H22ClF3N4O4/c1-29-19-18(20(33)30(22(29)34)11-2-12-32)31(13-14-3-7-16(24)8-4-14)21(28-19)35-17-9-5-15(6-10-17)23(25,26)27/h3-10,22,32,34H,2,11-13H2,1H3. The van der Waals surface area contributed by atoms with E-state index in [1.165, 1.54) is 14.4 Å². The minimum absolute atomic E-state index is 0.0406. The Balaban J connectivity index is 1.76. The highest BCUT2D eigenvalue weighted by molar-refractivity contribution is 6.30. The van der Waals surface area contributed by atoms with Crippen LogP contribution in [-0.2, 0) is 12.7 Å². The largest absolute Gasteiger partial charge is 0.425 e. The molecule has 2 N–H and O–H groups in total. The lowest BCUT2D eigenvalue weighted by Crippen LogP contribution is -2.54. The molecule has 1 amide bonds. The van der Waals surface area contributed by atoms with Gasteiger partial charge in [-0.25, -0.2) is 0 Å². The van der Waals surface area contributed by atoms with Gasteiger partial charge in [-0.05, 0) is 48.4 Å². The normalized spacial score (nSPS) is 16.0. The third-order valence-corrected chi connectivity index (χ3v) is 5.79. The topological polar surface area (TPSA) is 91.1 Å². The molecule has 3 aromatic rings. The highest BCUT2D eigenvalue weighted by Crippen LogP contribution is 2.36. The number of aliphatic hydroxyl groups excluding tert-OH is 2. The number of imidazole rings is 1. The van der Waals surface area contributed by atoms with E-state index in [4.69, 9.17) is 16.3 Å². The number of halogens is 4. The number of alkyl halides is 3. The van der Waals surface area contributed by atoms with Crippen molar-refractivity contribution in [1.82, 2.24) is 14.5 Å². The van der Waals surface area contributed by atoms with E-state index < -0.39 is 24.0 Å². The van der Waals surface area contributed by atoms with E-state index in [0.717, 1.165) is 29.8 Å². The van der Waals surface area contributed by atoms with Gasteiger partial charge >= 0.3 is 12.2 Å². The van der Waals surface area contributed by atoms with Crippen LogP contribution in [0.25, 0.3) is 0 Å². The molecule has 1 aromatic heterocycles. The number of ether oxygens (including phenoxy) is 1. The number of rotatable bonds is 7. The van der Waals surface area contributed by atoms with Gasteiger partial charge in [0, 0.05) is 25.2 Å². The number of hydrogen-bond acceptors (Lipinski definition) is 6. The molecule has 1 aliphatic rings. The van der Waals surface area contributed by atoms with Crippen molar-refractivity contribution in [2.24, 2.45) is 0 Å². The smallest absolute Gasteiger partial charge is 0.416 e. The number of aromatic nitrogens is 2. The molecule has 2 heterocycles. The molecule has 0 spiro atoms. The molecule has 12 heteroatoms. The second-order valence-corrected chi connectivity index (χ2v) is 8.37. The first kappa shape index (κ1) is 24.8. The molecule has 0 saturated carbocycles. The van der Waals surface area contributed by atoms with E-state index in [2.05, 4.69) is 4.98 Å². The highest BCUT2D eigenvalue weighted by Gasteiger charge is 2.40. The van der Waals surface area contributed by atoms with E-state index >= 15 is 0 Å². The number of benzene rings is 2. The minimum Gasteiger partial charge on any atom is -0.425 e. The van der Waals surface area contributed by atoms with Gasteiger partial charge in [0.25, 0.3) is 5.91 Å². The van der Waals surface area contributed by atoms with Crippen LogP contribution < -0.4 is 9.64 Å². The molecular weight excluding hydrogens is 489 g/mol. The summed E-state index contributed by atoms with van der Waals surface area (Å²) in [7, 11) is 1.55. The third kappa shape index (κ3) is 5.07. The quantitative estimate of drug-likeness (QED) is 0.500. The fraction of sp³-hybridized carbons (Fsp3) is 0.304. The van der Waals surface area contributed by atoms with Crippen molar-refractivity contribution in [1.29, 1.82) is 0 Å². The van der Waals surface area contributed by atoms with Gasteiger partial charge in [-0.15, -0.1) is 0 Å². The highest BCUT2D eigenvalue weighted by atomic mass is 35.5. The Kier molecular flexibility index (Phi) is 6.93. The number of fused-ring (bicyclic) bond motifs is 1. The van der Waals surface area contributed by atoms with Crippen LogP contribution >= 0.6 is 11.6 Å². The van der Waals surface area contributed by atoms with Crippen molar-refractivity contribution in [2.45, 2.75) is 25.5 Å². The molecule has 1 aliphatic heterocycles. The molecule has 0 fully saturated rings. The first-order valence-corrected chi connectivity index (χ1v) is 11.0. The van der Waals surface area contributed by atoms with E-state index in [1.54, 1.807) is 31.3 Å². The fourth-order valence-electron chi connectivity index (χ4n) is 3.71. The van der Waals surface area contributed by atoms with Crippen LogP contribution in [0.3, 0.4) is 0 Å². The molecule has 0 bridgehead atoms. The Morgan fingerprint density at radius 1 is 1.11 bits per heavy atom. The molecule has 2 aromatic carbocycles. The van der Waals surface area contributed by atoms with E-state index in [9.17, 15) is 28.2 Å².